The number of piperazine rings is 1. The maximum atomic E-state index is 12.3. The first-order valence-corrected chi connectivity index (χ1v) is 9.21. The summed E-state index contributed by atoms with van der Waals surface area (Å²) in [6.07, 6.45) is 2.12. The molecule has 0 aromatic heterocycles. The van der Waals surface area contributed by atoms with Crippen LogP contribution in [0.2, 0.25) is 0 Å². The molecule has 1 saturated carbocycles. The first-order valence-electron chi connectivity index (χ1n) is 9.21. The van der Waals surface area contributed by atoms with Gasteiger partial charge in [0.2, 0.25) is 5.91 Å². The minimum Gasteiger partial charge on any atom is -0.368 e. The molecule has 2 aromatic rings. The number of benzene rings is 2. The number of amides is 2. The summed E-state index contributed by atoms with van der Waals surface area (Å²) in [6, 6.07) is 17.1. The number of hydrogen-bond acceptors (Lipinski definition) is 3. The van der Waals surface area contributed by atoms with Gasteiger partial charge in [0.1, 0.15) is 0 Å². The minimum absolute atomic E-state index is 0.109. The number of nitrogens with one attached hydrogen (secondary N) is 1. The monoisotopic (exact) mass is 349 g/mol. The van der Waals surface area contributed by atoms with E-state index in [1.54, 1.807) is 0 Å². The molecule has 0 bridgehead atoms. The molecule has 1 heterocycles. The molecular weight excluding hydrogens is 326 g/mol. The van der Waals surface area contributed by atoms with Gasteiger partial charge in [0.25, 0.3) is 5.91 Å². The van der Waals surface area contributed by atoms with Crippen molar-refractivity contribution in [1.82, 2.24) is 4.90 Å². The van der Waals surface area contributed by atoms with Crippen molar-refractivity contribution >= 4 is 23.2 Å². The second kappa shape index (κ2) is 7.20. The zero-order valence-electron chi connectivity index (χ0n) is 14.7. The van der Waals surface area contributed by atoms with Crippen LogP contribution in [0, 0.1) is 5.92 Å². The summed E-state index contributed by atoms with van der Waals surface area (Å²) in [5.41, 5.74) is 2.53. The van der Waals surface area contributed by atoms with Crippen LogP contribution in [0.5, 0.6) is 0 Å². The summed E-state index contributed by atoms with van der Waals surface area (Å²) in [5.74, 6) is 0.518. The van der Waals surface area contributed by atoms with Crippen LogP contribution in [0.15, 0.2) is 54.6 Å². The van der Waals surface area contributed by atoms with E-state index in [-0.39, 0.29) is 5.91 Å². The molecule has 0 atom stereocenters. The first kappa shape index (κ1) is 16.6. The first-order chi connectivity index (χ1) is 12.7. The lowest BCUT2D eigenvalue weighted by atomic mass is 10.1. The van der Waals surface area contributed by atoms with Crippen LogP contribution >= 0.6 is 0 Å². The topological polar surface area (TPSA) is 52.7 Å². The zero-order chi connectivity index (χ0) is 17.9. The highest BCUT2D eigenvalue weighted by Gasteiger charge is 2.34. The Bertz CT molecular complexity index is 777. The van der Waals surface area contributed by atoms with Crippen LogP contribution in [0.3, 0.4) is 0 Å². The molecule has 1 saturated heterocycles. The van der Waals surface area contributed by atoms with E-state index in [4.69, 9.17) is 0 Å². The van der Waals surface area contributed by atoms with Crippen molar-refractivity contribution in [2.24, 2.45) is 5.92 Å². The molecule has 5 heteroatoms. The summed E-state index contributed by atoms with van der Waals surface area (Å²) in [5, 5.41) is 2.90. The molecule has 1 aliphatic heterocycles. The van der Waals surface area contributed by atoms with Gasteiger partial charge in [-0.05, 0) is 49.2 Å². The summed E-state index contributed by atoms with van der Waals surface area (Å²) in [4.78, 5) is 28.7. The van der Waals surface area contributed by atoms with Crippen molar-refractivity contribution in [3.05, 3.63) is 60.2 Å². The number of carbonyl (C=O) groups excluding carboxylic acids is 2. The SMILES string of the molecule is O=C(Nc1ccccc1)c1ccc(N2CCN(C(=O)C3CC3)CC2)cc1. The molecule has 0 unspecified atom stereocenters. The van der Waals surface area contributed by atoms with E-state index in [1.807, 2.05) is 59.5 Å². The average molecular weight is 349 g/mol. The van der Waals surface area contributed by atoms with Gasteiger partial charge in [0, 0.05) is 49.0 Å². The summed E-state index contributed by atoms with van der Waals surface area (Å²) in [6.45, 7) is 3.25. The van der Waals surface area contributed by atoms with E-state index in [2.05, 4.69) is 10.2 Å². The van der Waals surface area contributed by atoms with Gasteiger partial charge in [-0.1, -0.05) is 18.2 Å². The van der Waals surface area contributed by atoms with Crippen molar-refractivity contribution in [3.8, 4) is 0 Å². The maximum Gasteiger partial charge on any atom is 0.255 e. The van der Waals surface area contributed by atoms with Gasteiger partial charge in [-0.25, -0.2) is 0 Å². The van der Waals surface area contributed by atoms with Gasteiger partial charge in [-0.15, -0.1) is 0 Å². The van der Waals surface area contributed by atoms with E-state index in [1.165, 1.54) is 0 Å². The van der Waals surface area contributed by atoms with Crippen LogP contribution in [0.1, 0.15) is 23.2 Å². The fourth-order valence-corrected chi connectivity index (χ4v) is 3.32. The van der Waals surface area contributed by atoms with Crippen LogP contribution in [-0.4, -0.2) is 42.9 Å². The highest BCUT2D eigenvalue weighted by Crippen LogP contribution is 2.31. The van der Waals surface area contributed by atoms with Gasteiger partial charge < -0.3 is 15.1 Å². The molecule has 2 aliphatic rings. The van der Waals surface area contributed by atoms with Crippen LogP contribution in [-0.2, 0) is 4.79 Å². The third-order valence-corrected chi connectivity index (χ3v) is 5.04. The van der Waals surface area contributed by atoms with Crippen molar-refractivity contribution in [2.45, 2.75) is 12.8 Å². The molecule has 134 valence electrons. The van der Waals surface area contributed by atoms with Crippen molar-refractivity contribution in [3.63, 3.8) is 0 Å². The highest BCUT2D eigenvalue weighted by atomic mass is 16.2. The Balaban J connectivity index is 1.34. The molecule has 0 radical (unpaired) electrons. The van der Waals surface area contributed by atoms with Crippen molar-refractivity contribution in [2.75, 3.05) is 36.4 Å². The number of para-hydroxylation sites is 1. The van der Waals surface area contributed by atoms with Crippen LogP contribution in [0.25, 0.3) is 0 Å². The predicted molar refractivity (Wildman–Crippen MR) is 102 cm³/mol. The number of hydrogen-bond donors (Lipinski definition) is 1. The molecule has 26 heavy (non-hydrogen) atoms. The van der Waals surface area contributed by atoms with Gasteiger partial charge in [-0.3, -0.25) is 9.59 Å². The Morgan fingerprint density at radius 1 is 0.846 bits per heavy atom. The summed E-state index contributed by atoms with van der Waals surface area (Å²) >= 11 is 0. The fourth-order valence-electron chi connectivity index (χ4n) is 3.32. The molecular formula is C21H23N3O2. The van der Waals surface area contributed by atoms with E-state index in [9.17, 15) is 9.59 Å². The number of rotatable bonds is 4. The van der Waals surface area contributed by atoms with E-state index < -0.39 is 0 Å². The molecule has 5 nitrogen and oxygen atoms in total. The average Bonchev–Trinajstić information content (AvgIpc) is 3.54. The zero-order valence-corrected chi connectivity index (χ0v) is 14.7. The molecule has 2 fully saturated rings. The lowest BCUT2D eigenvalue weighted by Crippen LogP contribution is -2.49. The molecule has 1 aliphatic carbocycles. The third-order valence-electron chi connectivity index (χ3n) is 5.04. The summed E-state index contributed by atoms with van der Waals surface area (Å²) in [7, 11) is 0. The van der Waals surface area contributed by atoms with Gasteiger partial charge in [0.15, 0.2) is 0 Å². The van der Waals surface area contributed by atoms with E-state index in [0.717, 1.165) is 50.4 Å². The second-order valence-electron chi connectivity index (χ2n) is 6.95. The van der Waals surface area contributed by atoms with E-state index >= 15 is 0 Å². The Labute approximate surface area is 153 Å². The fraction of sp³-hybridized carbons (Fsp3) is 0.333. The Morgan fingerprint density at radius 2 is 1.50 bits per heavy atom. The normalized spacial score (nSPS) is 17.1. The molecule has 4 rings (SSSR count). The minimum atomic E-state index is -0.109. The quantitative estimate of drug-likeness (QED) is 0.923. The lowest BCUT2D eigenvalue weighted by Gasteiger charge is -2.36. The number of carbonyl (C=O) groups is 2. The largest absolute Gasteiger partial charge is 0.368 e. The maximum absolute atomic E-state index is 12.3. The Kier molecular flexibility index (Phi) is 4.61. The van der Waals surface area contributed by atoms with Crippen molar-refractivity contribution in [1.29, 1.82) is 0 Å². The second-order valence-corrected chi connectivity index (χ2v) is 6.95. The van der Waals surface area contributed by atoms with Gasteiger partial charge in [0.05, 0.1) is 0 Å². The Hall–Kier alpha value is -2.82. The predicted octanol–water partition coefficient (Wildman–Crippen LogP) is 3.00. The van der Waals surface area contributed by atoms with Crippen LogP contribution in [0.4, 0.5) is 11.4 Å². The molecule has 0 spiro atoms. The van der Waals surface area contributed by atoms with E-state index in [0.29, 0.717) is 17.4 Å². The summed E-state index contributed by atoms with van der Waals surface area (Å²) < 4.78 is 0. The smallest absolute Gasteiger partial charge is 0.255 e. The van der Waals surface area contributed by atoms with Gasteiger partial charge >= 0.3 is 0 Å². The van der Waals surface area contributed by atoms with Crippen molar-refractivity contribution < 1.29 is 9.59 Å². The molecule has 1 N–H and O–H groups in total. The molecule has 2 amide bonds. The highest BCUT2D eigenvalue weighted by molar-refractivity contribution is 6.04. The Morgan fingerprint density at radius 3 is 2.12 bits per heavy atom. The van der Waals surface area contributed by atoms with Gasteiger partial charge in [-0.2, -0.15) is 0 Å². The molecule has 2 aromatic carbocycles. The third kappa shape index (κ3) is 3.72. The number of nitrogens with zero attached hydrogens (tertiary/aromatic N) is 2. The van der Waals surface area contributed by atoms with Crippen LogP contribution < -0.4 is 10.2 Å². The number of anilines is 2. The lowest BCUT2D eigenvalue weighted by molar-refractivity contribution is -0.132. The standard InChI is InChI=1S/C21H23N3O2/c25-20(22-18-4-2-1-3-5-18)16-8-10-19(11-9-16)23-12-14-24(15-13-23)21(26)17-6-7-17/h1-5,8-11,17H,6-7,12-15H2,(H,22,25).